The SMILES string of the molecule is CCCCc1ccc(NC(=O)C(C)Oc2cccc(C)c2)cc1. The summed E-state index contributed by atoms with van der Waals surface area (Å²) in [6.45, 7) is 5.94. The third-order valence-corrected chi connectivity index (χ3v) is 3.71. The molecule has 1 unspecified atom stereocenters. The first kappa shape index (κ1) is 17.1. The Morgan fingerprint density at radius 2 is 1.91 bits per heavy atom. The molecule has 122 valence electrons. The number of amides is 1. The van der Waals surface area contributed by atoms with Crippen molar-refractivity contribution < 1.29 is 9.53 Å². The third kappa shape index (κ3) is 5.44. The van der Waals surface area contributed by atoms with Crippen LogP contribution in [0.5, 0.6) is 5.75 Å². The second kappa shape index (κ2) is 8.37. The first-order chi connectivity index (χ1) is 11.1. The van der Waals surface area contributed by atoms with E-state index in [1.807, 2.05) is 43.3 Å². The van der Waals surface area contributed by atoms with Crippen LogP contribution in [0.4, 0.5) is 5.69 Å². The molecule has 1 atom stereocenters. The Labute approximate surface area is 138 Å². The first-order valence-corrected chi connectivity index (χ1v) is 8.21. The smallest absolute Gasteiger partial charge is 0.265 e. The van der Waals surface area contributed by atoms with Crippen molar-refractivity contribution in [3.05, 3.63) is 59.7 Å². The molecule has 2 aromatic rings. The summed E-state index contributed by atoms with van der Waals surface area (Å²) in [5.41, 5.74) is 3.21. The van der Waals surface area contributed by atoms with Crippen LogP contribution in [0.3, 0.4) is 0 Å². The summed E-state index contributed by atoms with van der Waals surface area (Å²) in [4.78, 5) is 12.2. The molecule has 0 aliphatic carbocycles. The fourth-order valence-electron chi connectivity index (χ4n) is 2.33. The number of benzene rings is 2. The summed E-state index contributed by atoms with van der Waals surface area (Å²) < 4.78 is 5.69. The van der Waals surface area contributed by atoms with Gasteiger partial charge >= 0.3 is 0 Å². The second-order valence-electron chi connectivity index (χ2n) is 5.87. The van der Waals surface area contributed by atoms with Crippen molar-refractivity contribution in [2.24, 2.45) is 0 Å². The van der Waals surface area contributed by atoms with E-state index in [2.05, 4.69) is 24.4 Å². The number of carbonyl (C=O) groups excluding carboxylic acids is 1. The lowest BCUT2D eigenvalue weighted by molar-refractivity contribution is -0.122. The van der Waals surface area contributed by atoms with Crippen LogP contribution in [0, 0.1) is 6.92 Å². The Hall–Kier alpha value is -2.29. The highest BCUT2D eigenvalue weighted by atomic mass is 16.5. The Bertz CT molecular complexity index is 634. The van der Waals surface area contributed by atoms with E-state index in [0.717, 1.165) is 17.7 Å². The van der Waals surface area contributed by atoms with Gasteiger partial charge in [-0.3, -0.25) is 4.79 Å². The van der Waals surface area contributed by atoms with E-state index in [1.54, 1.807) is 6.92 Å². The minimum Gasteiger partial charge on any atom is -0.481 e. The van der Waals surface area contributed by atoms with Gasteiger partial charge < -0.3 is 10.1 Å². The summed E-state index contributed by atoms with van der Waals surface area (Å²) >= 11 is 0. The molecule has 0 heterocycles. The molecular formula is C20H25NO2. The average Bonchev–Trinajstić information content (AvgIpc) is 2.54. The largest absolute Gasteiger partial charge is 0.481 e. The third-order valence-electron chi connectivity index (χ3n) is 3.71. The van der Waals surface area contributed by atoms with E-state index in [9.17, 15) is 4.79 Å². The predicted octanol–water partition coefficient (Wildman–Crippen LogP) is 4.74. The lowest BCUT2D eigenvalue weighted by Gasteiger charge is -2.15. The van der Waals surface area contributed by atoms with Crippen molar-refractivity contribution >= 4 is 11.6 Å². The monoisotopic (exact) mass is 311 g/mol. The molecule has 0 aliphatic heterocycles. The maximum Gasteiger partial charge on any atom is 0.265 e. The molecule has 2 rings (SSSR count). The molecule has 0 spiro atoms. The lowest BCUT2D eigenvalue weighted by atomic mass is 10.1. The van der Waals surface area contributed by atoms with Gasteiger partial charge in [-0.05, 0) is 62.1 Å². The molecule has 0 radical (unpaired) electrons. The fourth-order valence-corrected chi connectivity index (χ4v) is 2.33. The Morgan fingerprint density at radius 3 is 2.57 bits per heavy atom. The van der Waals surface area contributed by atoms with Crippen molar-refractivity contribution in [3.63, 3.8) is 0 Å². The minimum atomic E-state index is -0.545. The molecule has 0 bridgehead atoms. The van der Waals surface area contributed by atoms with E-state index in [-0.39, 0.29) is 5.91 Å². The van der Waals surface area contributed by atoms with Crippen LogP contribution < -0.4 is 10.1 Å². The van der Waals surface area contributed by atoms with Gasteiger partial charge in [0.1, 0.15) is 5.75 Å². The van der Waals surface area contributed by atoms with Crippen LogP contribution in [-0.2, 0) is 11.2 Å². The zero-order valence-electron chi connectivity index (χ0n) is 14.1. The van der Waals surface area contributed by atoms with Gasteiger partial charge in [0.2, 0.25) is 0 Å². The molecule has 0 fully saturated rings. The Kier molecular flexibility index (Phi) is 6.21. The predicted molar refractivity (Wildman–Crippen MR) is 95.0 cm³/mol. The van der Waals surface area contributed by atoms with Gasteiger partial charge in [-0.15, -0.1) is 0 Å². The molecule has 23 heavy (non-hydrogen) atoms. The van der Waals surface area contributed by atoms with Gasteiger partial charge in [0, 0.05) is 5.69 Å². The number of aryl methyl sites for hydroxylation is 2. The summed E-state index contributed by atoms with van der Waals surface area (Å²) in [5, 5.41) is 2.90. The van der Waals surface area contributed by atoms with Crippen molar-refractivity contribution in [2.45, 2.75) is 46.1 Å². The molecule has 3 heteroatoms. The molecule has 1 N–H and O–H groups in total. The van der Waals surface area contributed by atoms with Crippen molar-refractivity contribution in [1.29, 1.82) is 0 Å². The summed E-state index contributed by atoms with van der Waals surface area (Å²) in [6, 6.07) is 15.7. The number of carbonyl (C=O) groups is 1. The normalized spacial score (nSPS) is 11.8. The number of hydrogen-bond acceptors (Lipinski definition) is 2. The van der Waals surface area contributed by atoms with Gasteiger partial charge in [0.05, 0.1) is 0 Å². The number of ether oxygens (including phenoxy) is 1. The number of hydrogen-bond donors (Lipinski definition) is 1. The second-order valence-corrected chi connectivity index (χ2v) is 5.87. The number of unbranched alkanes of at least 4 members (excludes halogenated alkanes) is 1. The molecular weight excluding hydrogens is 286 g/mol. The summed E-state index contributed by atoms with van der Waals surface area (Å²) in [5.74, 6) is 0.565. The highest BCUT2D eigenvalue weighted by Crippen LogP contribution is 2.16. The zero-order chi connectivity index (χ0) is 16.7. The molecule has 0 saturated carbocycles. The molecule has 3 nitrogen and oxygen atoms in total. The molecule has 2 aromatic carbocycles. The maximum absolute atomic E-state index is 12.2. The standard InChI is InChI=1S/C20H25NO2/c1-4-5-8-17-10-12-18(13-11-17)21-20(22)16(3)23-19-9-6-7-15(2)14-19/h6-7,9-14,16H,4-5,8H2,1-3H3,(H,21,22). The van der Waals surface area contributed by atoms with Crippen molar-refractivity contribution in [2.75, 3.05) is 5.32 Å². The number of anilines is 1. The number of nitrogens with one attached hydrogen (secondary N) is 1. The van der Waals surface area contributed by atoms with Crippen LogP contribution in [0.1, 0.15) is 37.8 Å². The molecule has 0 saturated heterocycles. The van der Waals surface area contributed by atoms with Crippen LogP contribution in [0.25, 0.3) is 0 Å². The summed E-state index contributed by atoms with van der Waals surface area (Å²) in [7, 11) is 0. The average molecular weight is 311 g/mol. The van der Waals surface area contributed by atoms with Crippen LogP contribution >= 0.6 is 0 Å². The van der Waals surface area contributed by atoms with E-state index < -0.39 is 6.10 Å². The molecule has 1 amide bonds. The zero-order valence-corrected chi connectivity index (χ0v) is 14.1. The van der Waals surface area contributed by atoms with Crippen LogP contribution in [0.15, 0.2) is 48.5 Å². The topological polar surface area (TPSA) is 38.3 Å². The van der Waals surface area contributed by atoms with E-state index in [4.69, 9.17) is 4.74 Å². The molecule has 0 aliphatic rings. The van der Waals surface area contributed by atoms with Gasteiger partial charge in [-0.1, -0.05) is 37.6 Å². The van der Waals surface area contributed by atoms with E-state index in [1.165, 1.54) is 18.4 Å². The van der Waals surface area contributed by atoms with Gasteiger partial charge in [0.25, 0.3) is 5.91 Å². The van der Waals surface area contributed by atoms with Gasteiger partial charge in [-0.25, -0.2) is 0 Å². The highest BCUT2D eigenvalue weighted by molar-refractivity contribution is 5.94. The minimum absolute atomic E-state index is 0.146. The van der Waals surface area contributed by atoms with Crippen molar-refractivity contribution in [1.82, 2.24) is 0 Å². The van der Waals surface area contributed by atoms with Crippen LogP contribution in [0.2, 0.25) is 0 Å². The molecule has 0 aromatic heterocycles. The van der Waals surface area contributed by atoms with Crippen molar-refractivity contribution in [3.8, 4) is 5.75 Å². The van der Waals surface area contributed by atoms with Gasteiger partial charge in [-0.2, -0.15) is 0 Å². The van der Waals surface area contributed by atoms with Gasteiger partial charge in [0.15, 0.2) is 6.10 Å². The highest BCUT2D eigenvalue weighted by Gasteiger charge is 2.14. The Morgan fingerprint density at radius 1 is 1.17 bits per heavy atom. The quantitative estimate of drug-likeness (QED) is 0.802. The summed E-state index contributed by atoms with van der Waals surface area (Å²) in [6.07, 6.45) is 2.91. The number of rotatable bonds is 7. The van der Waals surface area contributed by atoms with Crippen LogP contribution in [-0.4, -0.2) is 12.0 Å². The van der Waals surface area contributed by atoms with E-state index >= 15 is 0 Å². The lowest BCUT2D eigenvalue weighted by Crippen LogP contribution is -2.30. The fraction of sp³-hybridized carbons (Fsp3) is 0.350. The maximum atomic E-state index is 12.2. The first-order valence-electron chi connectivity index (χ1n) is 8.21. The van der Waals surface area contributed by atoms with E-state index in [0.29, 0.717) is 5.75 Å². The Balaban J connectivity index is 1.90.